The summed E-state index contributed by atoms with van der Waals surface area (Å²) in [6.07, 6.45) is 2.38. The third-order valence-electron chi connectivity index (χ3n) is 2.17. The Kier molecular flexibility index (Phi) is 4.85. The van der Waals surface area contributed by atoms with E-state index in [1.165, 1.54) is 0 Å². The number of carbonyl (C=O) groups excluding carboxylic acids is 1. The Bertz CT molecular complexity index is 364. The van der Waals surface area contributed by atoms with Gasteiger partial charge in [0.25, 0.3) is 0 Å². The molecule has 5 heteroatoms. The van der Waals surface area contributed by atoms with E-state index in [0.29, 0.717) is 6.41 Å². The van der Waals surface area contributed by atoms with Gasteiger partial charge in [-0.05, 0) is 24.0 Å². The molecule has 1 atom stereocenters. The van der Waals surface area contributed by atoms with Crippen LogP contribution in [0.3, 0.4) is 0 Å². The topological polar surface area (TPSA) is 66.4 Å². The molecule has 0 fully saturated rings. The van der Waals surface area contributed by atoms with Crippen molar-refractivity contribution in [2.75, 3.05) is 6.26 Å². The van der Waals surface area contributed by atoms with Gasteiger partial charge in [0.1, 0.15) is 0 Å². The average Bonchev–Trinajstić information content (AvgIpc) is 2.28. The molecule has 16 heavy (non-hydrogen) atoms. The quantitative estimate of drug-likeness (QED) is 0.585. The fourth-order valence-corrected chi connectivity index (χ4v) is 1.77. The maximum Gasteiger partial charge on any atom is 0.305 e. The number of carboxylic acids is 1. The highest BCUT2D eigenvalue weighted by atomic mass is 32.2. The van der Waals surface area contributed by atoms with Crippen LogP contribution in [0.1, 0.15) is 18.0 Å². The van der Waals surface area contributed by atoms with E-state index in [-0.39, 0.29) is 6.42 Å². The van der Waals surface area contributed by atoms with Crippen molar-refractivity contribution in [1.29, 1.82) is 0 Å². The molecule has 0 unspecified atom stereocenters. The number of hydrogen-bond acceptors (Lipinski definition) is 3. The zero-order valence-corrected chi connectivity index (χ0v) is 9.66. The van der Waals surface area contributed by atoms with E-state index >= 15 is 0 Å². The molecule has 0 aliphatic rings. The molecule has 1 amide bonds. The van der Waals surface area contributed by atoms with Crippen molar-refractivity contribution >= 4 is 24.1 Å². The minimum atomic E-state index is -0.937. The van der Waals surface area contributed by atoms with Crippen LogP contribution in [0.4, 0.5) is 0 Å². The summed E-state index contributed by atoms with van der Waals surface area (Å²) < 4.78 is 0. The maximum atomic E-state index is 10.6. The minimum Gasteiger partial charge on any atom is -0.481 e. The number of thioether (sulfide) groups is 1. The molecule has 0 aromatic heterocycles. The van der Waals surface area contributed by atoms with E-state index in [4.69, 9.17) is 5.11 Å². The zero-order valence-electron chi connectivity index (χ0n) is 8.84. The molecule has 0 bridgehead atoms. The van der Waals surface area contributed by atoms with Gasteiger partial charge in [0.15, 0.2) is 0 Å². The van der Waals surface area contributed by atoms with Crippen LogP contribution in [0.25, 0.3) is 0 Å². The second-order valence-electron chi connectivity index (χ2n) is 3.21. The Morgan fingerprint density at radius 3 is 2.56 bits per heavy atom. The van der Waals surface area contributed by atoms with Gasteiger partial charge in [-0.25, -0.2) is 0 Å². The summed E-state index contributed by atoms with van der Waals surface area (Å²) in [7, 11) is 0. The smallest absolute Gasteiger partial charge is 0.305 e. The van der Waals surface area contributed by atoms with E-state index in [1.807, 2.05) is 30.5 Å². The molecule has 0 spiro atoms. The highest BCUT2D eigenvalue weighted by Gasteiger charge is 2.14. The van der Waals surface area contributed by atoms with Crippen LogP contribution < -0.4 is 5.32 Å². The van der Waals surface area contributed by atoms with Gasteiger partial charge in [0.2, 0.25) is 6.41 Å². The summed E-state index contributed by atoms with van der Waals surface area (Å²) in [5.41, 5.74) is 0.798. The summed E-state index contributed by atoms with van der Waals surface area (Å²) in [6, 6.07) is 7.00. The lowest BCUT2D eigenvalue weighted by atomic mass is 10.0. The minimum absolute atomic E-state index is 0.114. The lowest BCUT2D eigenvalue weighted by molar-refractivity contribution is -0.137. The highest BCUT2D eigenvalue weighted by Crippen LogP contribution is 2.20. The summed E-state index contributed by atoms with van der Waals surface area (Å²) in [5, 5.41) is 11.2. The summed E-state index contributed by atoms with van der Waals surface area (Å²) >= 11 is 1.61. The molecule has 0 saturated carbocycles. The first-order valence-corrected chi connectivity index (χ1v) is 5.95. The highest BCUT2D eigenvalue weighted by molar-refractivity contribution is 7.98. The van der Waals surface area contributed by atoms with Crippen molar-refractivity contribution in [3.63, 3.8) is 0 Å². The average molecular weight is 239 g/mol. The van der Waals surface area contributed by atoms with Crippen LogP contribution in [-0.4, -0.2) is 23.7 Å². The van der Waals surface area contributed by atoms with Crippen LogP contribution >= 0.6 is 11.8 Å². The number of benzene rings is 1. The predicted octanol–water partition coefficient (Wildman–Crippen LogP) is 1.67. The molecule has 0 aliphatic heterocycles. The van der Waals surface area contributed by atoms with Crippen molar-refractivity contribution in [3.8, 4) is 0 Å². The molecule has 1 aromatic rings. The second kappa shape index (κ2) is 6.17. The fourth-order valence-electron chi connectivity index (χ4n) is 1.37. The normalized spacial score (nSPS) is 11.8. The second-order valence-corrected chi connectivity index (χ2v) is 4.09. The molecule has 0 saturated heterocycles. The Balaban J connectivity index is 2.82. The zero-order chi connectivity index (χ0) is 12.0. The summed E-state index contributed by atoms with van der Waals surface area (Å²) in [5.74, 6) is -0.937. The molecule has 1 aromatic carbocycles. The van der Waals surface area contributed by atoms with Gasteiger partial charge in [0.05, 0.1) is 12.5 Å². The van der Waals surface area contributed by atoms with E-state index in [0.717, 1.165) is 10.5 Å². The number of carbonyl (C=O) groups is 2. The molecule has 0 heterocycles. The number of nitrogens with one attached hydrogen (secondary N) is 1. The molecule has 1 rings (SSSR count). The third-order valence-corrected chi connectivity index (χ3v) is 2.91. The third kappa shape index (κ3) is 3.58. The molecule has 4 nitrogen and oxygen atoms in total. The van der Waals surface area contributed by atoms with Gasteiger partial charge in [-0.2, -0.15) is 0 Å². The summed E-state index contributed by atoms with van der Waals surface area (Å²) in [6.45, 7) is 0. The van der Waals surface area contributed by atoms with Crippen LogP contribution in [0, 0.1) is 0 Å². The molecular formula is C11H13NO3S. The van der Waals surface area contributed by atoms with Crippen LogP contribution in [-0.2, 0) is 9.59 Å². The van der Waals surface area contributed by atoms with E-state index in [9.17, 15) is 9.59 Å². The first kappa shape index (κ1) is 12.6. The first-order chi connectivity index (χ1) is 7.67. The maximum absolute atomic E-state index is 10.6. The molecular weight excluding hydrogens is 226 g/mol. The van der Waals surface area contributed by atoms with Gasteiger partial charge in [-0.15, -0.1) is 11.8 Å². The Morgan fingerprint density at radius 1 is 1.50 bits per heavy atom. The molecule has 0 aliphatic carbocycles. The standard InChI is InChI=1S/C11H13NO3S/c1-16-9-4-2-8(3-5-9)10(12-7-13)6-11(14)15/h2-5,7,10H,6H2,1H3,(H,12,13)(H,14,15)/t10-/m0/s1. The van der Waals surface area contributed by atoms with Gasteiger partial charge in [-0.3, -0.25) is 9.59 Å². The van der Waals surface area contributed by atoms with E-state index < -0.39 is 12.0 Å². The fraction of sp³-hybridized carbons (Fsp3) is 0.273. The number of rotatable bonds is 6. The first-order valence-electron chi connectivity index (χ1n) is 4.72. The Labute approximate surface area is 98.0 Å². The van der Waals surface area contributed by atoms with Crippen molar-refractivity contribution in [2.24, 2.45) is 0 Å². The van der Waals surface area contributed by atoms with Gasteiger partial charge in [0, 0.05) is 4.90 Å². The number of amides is 1. The number of hydrogen-bond donors (Lipinski definition) is 2. The lowest BCUT2D eigenvalue weighted by Gasteiger charge is -2.14. The van der Waals surface area contributed by atoms with Crippen molar-refractivity contribution in [2.45, 2.75) is 17.4 Å². The summed E-state index contributed by atoms with van der Waals surface area (Å²) in [4.78, 5) is 22.1. The molecule has 86 valence electrons. The Morgan fingerprint density at radius 2 is 2.12 bits per heavy atom. The van der Waals surface area contributed by atoms with Crippen LogP contribution in [0.15, 0.2) is 29.2 Å². The van der Waals surface area contributed by atoms with Crippen molar-refractivity contribution in [3.05, 3.63) is 29.8 Å². The number of carboxylic acid groups (broad SMARTS) is 1. The monoisotopic (exact) mass is 239 g/mol. The largest absolute Gasteiger partial charge is 0.481 e. The van der Waals surface area contributed by atoms with Crippen molar-refractivity contribution in [1.82, 2.24) is 5.32 Å². The predicted molar refractivity (Wildman–Crippen MR) is 62.4 cm³/mol. The SMILES string of the molecule is CSc1ccc([C@H](CC(=O)O)NC=O)cc1. The van der Waals surface area contributed by atoms with Crippen LogP contribution in [0.2, 0.25) is 0 Å². The van der Waals surface area contributed by atoms with Crippen molar-refractivity contribution < 1.29 is 14.7 Å². The van der Waals surface area contributed by atoms with Gasteiger partial charge >= 0.3 is 5.97 Å². The van der Waals surface area contributed by atoms with E-state index in [2.05, 4.69) is 5.32 Å². The van der Waals surface area contributed by atoms with E-state index in [1.54, 1.807) is 11.8 Å². The van der Waals surface area contributed by atoms with Gasteiger partial charge < -0.3 is 10.4 Å². The lowest BCUT2D eigenvalue weighted by Crippen LogP contribution is -2.22. The van der Waals surface area contributed by atoms with Crippen LogP contribution in [0.5, 0.6) is 0 Å². The van der Waals surface area contributed by atoms with Gasteiger partial charge in [-0.1, -0.05) is 12.1 Å². The molecule has 2 N–H and O–H groups in total. The Hall–Kier alpha value is -1.49. The number of aliphatic carboxylic acids is 1. The molecule has 0 radical (unpaired) electrons.